The van der Waals surface area contributed by atoms with Crippen LogP contribution in [0.25, 0.3) is 0 Å². The van der Waals surface area contributed by atoms with E-state index in [0.717, 1.165) is 12.7 Å². The molecular formula is C8H9I2NO. The van der Waals surface area contributed by atoms with Crippen LogP contribution in [-0.2, 0) is 0 Å². The highest BCUT2D eigenvalue weighted by Crippen LogP contribution is 2.18. The highest BCUT2D eigenvalue weighted by Gasteiger charge is 2.05. The summed E-state index contributed by atoms with van der Waals surface area (Å²) >= 11 is 4.48. The molecule has 0 fully saturated rings. The maximum Gasteiger partial charge on any atom is 0.0624 e. The average molecular weight is 389 g/mol. The van der Waals surface area contributed by atoms with Crippen LogP contribution in [0, 0.1) is 7.14 Å². The van der Waals surface area contributed by atoms with Crippen molar-refractivity contribution in [1.29, 1.82) is 0 Å². The number of nitrogens with two attached hydrogens (primary N) is 1. The van der Waals surface area contributed by atoms with E-state index in [0.29, 0.717) is 0 Å². The Bertz CT molecular complexity index is 258. The molecule has 1 aromatic carbocycles. The molecule has 0 amide bonds. The van der Waals surface area contributed by atoms with Crippen molar-refractivity contribution in [2.45, 2.75) is 6.04 Å². The number of hydrogen-bond acceptors (Lipinski definition) is 2. The lowest BCUT2D eigenvalue weighted by Gasteiger charge is -2.09. The fraction of sp³-hybridized carbons (Fsp3) is 0.250. The van der Waals surface area contributed by atoms with Crippen molar-refractivity contribution in [2.24, 2.45) is 5.73 Å². The van der Waals surface area contributed by atoms with Gasteiger partial charge in [-0.1, -0.05) is 0 Å². The van der Waals surface area contributed by atoms with Gasteiger partial charge in [-0.3, -0.25) is 0 Å². The molecule has 0 spiro atoms. The van der Waals surface area contributed by atoms with E-state index in [9.17, 15) is 0 Å². The van der Waals surface area contributed by atoms with Gasteiger partial charge >= 0.3 is 0 Å². The molecule has 2 nitrogen and oxygen atoms in total. The number of halogens is 2. The van der Waals surface area contributed by atoms with Gasteiger partial charge in [-0.05, 0) is 68.9 Å². The molecule has 0 aliphatic heterocycles. The molecule has 0 aliphatic carbocycles. The molecule has 4 heteroatoms. The second-order valence-electron chi connectivity index (χ2n) is 2.49. The van der Waals surface area contributed by atoms with Crippen LogP contribution in [0.2, 0.25) is 0 Å². The van der Waals surface area contributed by atoms with Crippen LogP contribution >= 0.6 is 45.2 Å². The van der Waals surface area contributed by atoms with E-state index in [-0.39, 0.29) is 12.6 Å². The normalized spacial score (nSPS) is 13.0. The van der Waals surface area contributed by atoms with E-state index in [2.05, 4.69) is 51.2 Å². The summed E-state index contributed by atoms with van der Waals surface area (Å²) in [5.41, 5.74) is 6.67. The molecule has 0 saturated heterocycles. The van der Waals surface area contributed by atoms with Crippen molar-refractivity contribution >= 4 is 45.2 Å². The molecule has 1 unspecified atom stereocenters. The van der Waals surface area contributed by atoms with Crippen molar-refractivity contribution in [3.8, 4) is 0 Å². The van der Waals surface area contributed by atoms with Crippen molar-refractivity contribution in [3.63, 3.8) is 0 Å². The Labute approximate surface area is 98.8 Å². The molecule has 3 N–H and O–H groups in total. The summed E-state index contributed by atoms with van der Waals surface area (Å²) in [6.07, 6.45) is 0. The Balaban J connectivity index is 3.00. The molecule has 0 heterocycles. The quantitative estimate of drug-likeness (QED) is 0.760. The topological polar surface area (TPSA) is 46.2 Å². The number of aliphatic hydroxyl groups is 1. The first-order chi connectivity index (χ1) is 5.63. The number of hydrogen-bond donors (Lipinski definition) is 2. The number of benzene rings is 1. The first-order valence-corrected chi connectivity index (χ1v) is 5.61. The summed E-state index contributed by atoms with van der Waals surface area (Å²) in [5, 5.41) is 8.84. The Morgan fingerprint density at radius 3 is 2.17 bits per heavy atom. The minimum absolute atomic E-state index is 0.00380. The average Bonchev–Trinajstić information content (AvgIpc) is 2.01. The standard InChI is InChI=1S/C8H9I2NO/c9-6-1-5(8(11)4-12)2-7(10)3-6/h1-3,8,12H,4,11H2. The lowest BCUT2D eigenvalue weighted by Crippen LogP contribution is -2.14. The fourth-order valence-electron chi connectivity index (χ4n) is 0.895. The van der Waals surface area contributed by atoms with Crippen molar-refractivity contribution in [3.05, 3.63) is 30.9 Å². The molecule has 1 aromatic rings. The molecule has 66 valence electrons. The fourth-order valence-corrected chi connectivity index (χ4v) is 2.88. The smallest absolute Gasteiger partial charge is 0.0624 e. The summed E-state index contributed by atoms with van der Waals surface area (Å²) in [5.74, 6) is 0. The molecule has 1 rings (SSSR count). The van der Waals surface area contributed by atoms with Gasteiger partial charge in [0.2, 0.25) is 0 Å². The monoisotopic (exact) mass is 389 g/mol. The van der Waals surface area contributed by atoms with Crippen LogP contribution in [0.5, 0.6) is 0 Å². The van der Waals surface area contributed by atoms with Gasteiger partial charge in [0.05, 0.1) is 12.6 Å². The van der Waals surface area contributed by atoms with Crippen LogP contribution in [0.15, 0.2) is 18.2 Å². The van der Waals surface area contributed by atoms with E-state index < -0.39 is 0 Å². The summed E-state index contributed by atoms with van der Waals surface area (Å²) < 4.78 is 2.30. The summed E-state index contributed by atoms with van der Waals surface area (Å²) in [6, 6.07) is 5.79. The Morgan fingerprint density at radius 2 is 1.75 bits per heavy atom. The van der Waals surface area contributed by atoms with Crippen molar-refractivity contribution in [1.82, 2.24) is 0 Å². The maximum absolute atomic E-state index is 8.84. The molecule has 1 atom stereocenters. The number of aliphatic hydroxyl groups excluding tert-OH is 1. The molecule has 0 aromatic heterocycles. The van der Waals surface area contributed by atoms with E-state index in [1.165, 1.54) is 0 Å². The van der Waals surface area contributed by atoms with Gasteiger partial charge in [-0.15, -0.1) is 0 Å². The van der Waals surface area contributed by atoms with Gasteiger partial charge < -0.3 is 10.8 Å². The van der Waals surface area contributed by atoms with Gasteiger partial charge in [-0.2, -0.15) is 0 Å². The second kappa shape index (κ2) is 4.73. The van der Waals surface area contributed by atoms with Crippen molar-refractivity contribution in [2.75, 3.05) is 6.61 Å². The second-order valence-corrected chi connectivity index (χ2v) is 4.98. The molecule has 0 saturated carbocycles. The van der Waals surface area contributed by atoms with Gasteiger partial charge in [0.15, 0.2) is 0 Å². The predicted octanol–water partition coefficient (Wildman–Crippen LogP) is 1.89. The molecule has 0 aliphatic rings. The third kappa shape index (κ3) is 2.82. The summed E-state index contributed by atoms with van der Waals surface area (Å²) in [6.45, 7) is -0.00380. The molecule has 0 radical (unpaired) electrons. The van der Waals surface area contributed by atoms with Gasteiger partial charge in [-0.25, -0.2) is 0 Å². The van der Waals surface area contributed by atoms with Crippen LogP contribution in [0.3, 0.4) is 0 Å². The van der Waals surface area contributed by atoms with E-state index in [1.54, 1.807) is 0 Å². The lowest BCUT2D eigenvalue weighted by molar-refractivity contribution is 0.268. The maximum atomic E-state index is 8.84. The van der Waals surface area contributed by atoms with Crippen LogP contribution in [-0.4, -0.2) is 11.7 Å². The van der Waals surface area contributed by atoms with E-state index in [1.807, 2.05) is 12.1 Å². The Kier molecular flexibility index (Phi) is 4.21. The van der Waals surface area contributed by atoms with E-state index in [4.69, 9.17) is 10.8 Å². The van der Waals surface area contributed by atoms with Gasteiger partial charge in [0.25, 0.3) is 0 Å². The zero-order valence-electron chi connectivity index (χ0n) is 6.30. The Morgan fingerprint density at radius 1 is 1.25 bits per heavy atom. The van der Waals surface area contributed by atoms with Gasteiger partial charge in [0, 0.05) is 7.14 Å². The Hall–Kier alpha value is 0.600. The summed E-state index contributed by atoms with van der Waals surface area (Å²) in [7, 11) is 0. The lowest BCUT2D eigenvalue weighted by atomic mass is 10.1. The minimum atomic E-state index is -0.256. The first-order valence-electron chi connectivity index (χ1n) is 3.46. The van der Waals surface area contributed by atoms with Crippen LogP contribution in [0.4, 0.5) is 0 Å². The third-order valence-electron chi connectivity index (χ3n) is 1.51. The predicted molar refractivity (Wildman–Crippen MR) is 65.9 cm³/mol. The summed E-state index contributed by atoms with van der Waals surface area (Å²) in [4.78, 5) is 0. The highest BCUT2D eigenvalue weighted by molar-refractivity contribution is 14.1. The van der Waals surface area contributed by atoms with Crippen molar-refractivity contribution < 1.29 is 5.11 Å². The highest BCUT2D eigenvalue weighted by atomic mass is 127. The SMILES string of the molecule is NC(CO)c1cc(I)cc(I)c1. The van der Waals surface area contributed by atoms with Crippen LogP contribution in [0.1, 0.15) is 11.6 Å². The molecular weight excluding hydrogens is 380 g/mol. The van der Waals surface area contributed by atoms with Gasteiger partial charge in [0.1, 0.15) is 0 Å². The minimum Gasteiger partial charge on any atom is -0.394 e. The third-order valence-corrected chi connectivity index (χ3v) is 2.76. The largest absolute Gasteiger partial charge is 0.394 e. The molecule has 12 heavy (non-hydrogen) atoms. The van der Waals surface area contributed by atoms with E-state index >= 15 is 0 Å². The molecule has 0 bridgehead atoms. The van der Waals surface area contributed by atoms with Crippen LogP contribution < -0.4 is 5.73 Å². The zero-order valence-corrected chi connectivity index (χ0v) is 10.6. The first kappa shape index (κ1) is 10.7. The zero-order chi connectivity index (χ0) is 9.14. The number of rotatable bonds is 2.